The zero-order valence-corrected chi connectivity index (χ0v) is 13.3. The van der Waals surface area contributed by atoms with Gasteiger partial charge in [0.1, 0.15) is 0 Å². The number of aliphatic hydroxyl groups is 1. The second-order valence-electron chi connectivity index (χ2n) is 5.63. The van der Waals surface area contributed by atoms with Crippen LogP contribution in [0.25, 0.3) is 11.4 Å². The smallest absolute Gasteiger partial charge is 0.241 e. The van der Waals surface area contributed by atoms with E-state index in [1.54, 1.807) is 26.0 Å². The van der Waals surface area contributed by atoms with Crippen molar-refractivity contribution in [2.75, 3.05) is 13.1 Å². The topological polar surface area (TPSA) is 62.4 Å². The van der Waals surface area contributed by atoms with Gasteiger partial charge in [-0.25, -0.2) is 0 Å². The third-order valence-electron chi connectivity index (χ3n) is 2.99. The molecule has 6 heteroatoms. The van der Waals surface area contributed by atoms with Gasteiger partial charge in [-0.1, -0.05) is 23.7 Å². The molecule has 0 fully saturated rings. The van der Waals surface area contributed by atoms with E-state index in [9.17, 15) is 5.11 Å². The third kappa shape index (κ3) is 4.81. The Bertz CT molecular complexity index is 575. The van der Waals surface area contributed by atoms with Crippen LogP contribution in [0.2, 0.25) is 5.02 Å². The highest BCUT2D eigenvalue weighted by Crippen LogP contribution is 2.19. The summed E-state index contributed by atoms with van der Waals surface area (Å²) in [6.07, 6.45) is 0. The number of benzene rings is 1. The molecule has 1 N–H and O–H groups in total. The molecule has 0 radical (unpaired) electrons. The predicted octanol–water partition coefficient (Wildman–Crippen LogP) is 2.98. The van der Waals surface area contributed by atoms with Crippen molar-refractivity contribution in [3.05, 3.63) is 35.2 Å². The number of hydrogen-bond donors (Lipinski definition) is 1. The van der Waals surface area contributed by atoms with Crippen molar-refractivity contribution in [1.29, 1.82) is 0 Å². The normalized spacial score (nSPS) is 12.1. The maximum Gasteiger partial charge on any atom is 0.241 e. The van der Waals surface area contributed by atoms with Gasteiger partial charge in [0.05, 0.1) is 12.1 Å². The Morgan fingerprint density at radius 1 is 1.29 bits per heavy atom. The van der Waals surface area contributed by atoms with Crippen molar-refractivity contribution >= 4 is 11.6 Å². The molecule has 2 aromatic rings. The Kier molecular flexibility index (Phi) is 4.98. The first-order valence-corrected chi connectivity index (χ1v) is 7.28. The summed E-state index contributed by atoms with van der Waals surface area (Å²) in [6, 6.07) is 7.29. The molecule has 0 amide bonds. The molecule has 1 aromatic heterocycles. The van der Waals surface area contributed by atoms with Crippen molar-refractivity contribution in [3.63, 3.8) is 0 Å². The van der Waals surface area contributed by atoms with Gasteiger partial charge in [0.15, 0.2) is 0 Å². The summed E-state index contributed by atoms with van der Waals surface area (Å²) >= 11 is 5.86. The highest BCUT2D eigenvalue weighted by Gasteiger charge is 2.19. The number of nitrogens with zero attached hydrogens (tertiary/aromatic N) is 3. The van der Waals surface area contributed by atoms with Gasteiger partial charge in [0, 0.05) is 17.1 Å². The average molecular weight is 310 g/mol. The summed E-state index contributed by atoms with van der Waals surface area (Å²) in [5, 5.41) is 14.5. The van der Waals surface area contributed by atoms with Crippen LogP contribution >= 0.6 is 11.6 Å². The molecule has 1 aromatic carbocycles. The molecule has 0 atom stereocenters. The van der Waals surface area contributed by atoms with Gasteiger partial charge in [-0.2, -0.15) is 4.98 Å². The van der Waals surface area contributed by atoms with E-state index < -0.39 is 5.60 Å². The van der Waals surface area contributed by atoms with E-state index in [1.165, 1.54) is 0 Å². The van der Waals surface area contributed by atoms with Crippen LogP contribution in [-0.2, 0) is 6.54 Å². The summed E-state index contributed by atoms with van der Waals surface area (Å²) in [5.74, 6) is 1.08. The lowest BCUT2D eigenvalue weighted by molar-refractivity contribution is 0.0322. The molecule has 2 rings (SSSR count). The summed E-state index contributed by atoms with van der Waals surface area (Å²) in [5.41, 5.74) is 0.106. The lowest BCUT2D eigenvalue weighted by Gasteiger charge is -2.26. The van der Waals surface area contributed by atoms with E-state index in [2.05, 4.69) is 15.0 Å². The maximum atomic E-state index is 9.89. The van der Waals surface area contributed by atoms with Crippen LogP contribution in [0.3, 0.4) is 0 Å². The zero-order chi connectivity index (χ0) is 15.5. The summed E-state index contributed by atoms with van der Waals surface area (Å²) in [4.78, 5) is 6.44. The van der Waals surface area contributed by atoms with Crippen molar-refractivity contribution in [1.82, 2.24) is 15.0 Å². The predicted molar refractivity (Wildman–Crippen MR) is 82.0 cm³/mol. The zero-order valence-electron chi connectivity index (χ0n) is 12.5. The minimum absolute atomic E-state index is 0.515. The molecule has 0 unspecified atom stereocenters. The van der Waals surface area contributed by atoms with Gasteiger partial charge in [-0.3, -0.25) is 4.90 Å². The second kappa shape index (κ2) is 6.56. The minimum atomic E-state index is -0.755. The molecular weight excluding hydrogens is 290 g/mol. The number of likely N-dealkylation sites (N-methyl/N-ethyl adjacent to an activating group) is 1. The first-order valence-electron chi connectivity index (χ1n) is 6.90. The van der Waals surface area contributed by atoms with Crippen LogP contribution in [0.1, 0.15) is 26.7 Å². The van der Waals surface area contributed by atoms with E-state index in [0.29, 0.717) is 29.8 Å². The Morgan fingerprint density at radius 3 is 2.52 bits per heavy atom. The number of hydrogen-bond acceptors (Lipinski definition) is 5. The van der Waals surface area contributed by atoms with Crippen LogP contribution in [0, 0.1) is 0 Å². The van der Waals surface area contributed by atoms with Gasteiger partial charge in [-0.15, -0.1) is 0 Å². The van der Waals surface area contributed by atoms with Crippen LogP contribution in [-0.4, -0.2) is 38.8 Å². The quantitative estimate of drug-likeness (QED) is 0.889. The van der Waals surface area contributed by atoms with Crippen LogP contribution in [0.5, 0.6) is 0 Å². The summed E-state index contributed by atoms with van der Waals surface area (Å²) in [6.45, 7) is 7.44. The molecule has 5 nitrogen and oxygen atoms in total. The Labute approximate surface area is 129 Å². The van der Waals surface area contributed by atoms with Gasteiger partial charge in [-0.05, 0) is 44.7 Å². The molecule has 0 spiro atoms. The lowest BCUT2D eigenvalue weighted by Crippen LogP contribution is -2.38. The molecular formula is C15H20ClN3O2. The summed E-state index contributed by atoms with van der Waals surface area (Å²) < 4.78 is 5.28. The number of aromatic nitrogens is 2. The fourth-order valence-corrected chi connectivity index (χ4v) is 2.18. The molecule has 1 heterocycles. The van der Waals surface area contributed by atoms with Crippen molar-refractivity contribution in [2.45, 2.75) is 32.9 Å². The van der Waals surface area contributed by atoms with Crippen molar-refractivity contribution in [3.8, 4) is 11.4 Å². The maximum absolute atomic E-state index is 9.89. The van der Waals surface area contributed by atoms with Crippen LogP contribution in [0.15, 0.2) is 28.8 Å². The highest BCUT2D eigenvalue weighted by molar-refractivity contribution is 6.30. The van der Waals surface area contributed by atoms with Crippen LogP contribution in [0.4, 0.5) is 0 Å². The molecule has 0 aliphatic heterocycles. The van der Waals surface area contributed by atoms with Crippen molar-refractivity contribution < 1.29 is 9.63 Å². The monoisotopic (exact) mass is 309 g/mol. The molecule has 0 aliphatic rings. The van der Waals surface area contributed by atoms with E-state index in [0.717, 1.165) is 12.1 Å². The molecule has 114 valence electrons. The lowest BCUT2D eigenvalue weighted by atomic mass is 10.1. The molecule has 0 saturated heterocycles. The Morgan fingerprint density at radius 2 is 1.95 bits per heavy atom. The largest absolute Gasteiger partial charge is 0.389 e. The first-order chi connectivity index (χ1) is 9.87. The molecule has 21 heavy (non-hydrogen) atoms. The summed E-state index contributed by atoms with van der Waals surface area (Å²) in [7, 11) is 0. The highest BCUT2D eigenvalue weighted by atomic mass is 35.5. The van der Waals surface area contributed by atoms with E-state index in [4.69, 9.17) is 16.1 Å². The van der Waals surface area contributed by atoms with Gasteiger partial charge < -0.3 is 9.63 Å². The van der Waals surface area contributed by atoms with E-state index >= 15 is 0 Å². The first kappa shape index (κ1) is 15.9. The van der Waals surface area contributed by atoms with Gasteiger partial charge >= 0.3 is 0 Å². The molecule has 0 aliphatic carbocycles. The fourth-order valence-electron chi connectivity index (χ4n) is 2.05. The van der Waals surface area contributed by atoms with Crippen LogP contribution < -0.4 is 0 Å². The minimum Gasteiger partial charge on any atom is -0.389 e. The number of rotatable bonds is 6. The second-order valence-corrected chi connectivity index (χ2v) is 6.07. The Balaban J connectivity index is 2.07. The third-order valence-corrected chi connectivity index (χ3v) is 3.24. The van der Waals surface area contributed by atoms with E-state index in [1.807, 2.05) is 19.1 Å². The standard InChI is InChI=1S/C15H20ClN3O2/c1-4-19(10-15(2,3)20)9-13-17-14(18-21-13)11-5-7-12(16)8-6-11/h5-8,20H,4,9-10H2,1-3H3. The van der Waals surface area contributed by atoms with Gasteiger partial charge in [0.2, 0.25) is 11.7 Å². The molecule has 0 bridgehead atoms. The average Bonchev–Trinajstić information content (AvgIpc) is 2.85. The van der Waals surface area contributed by atoms with E-state index in [-0.39, 0.29) is 0 Å². The number of halogens is 1. The molecule has 0 saturated carbocycles. The van der Waals surface area contributed by atoms with Crippen molar-refractivity contribution in [2.24, 2.45) is 0 Å². The SMILES string of the molecule is CCN(Cc1nc(-c2ccc(Cl)cc2)no1)CC(C)(C)O. The fraction of sp³-hybridized carbons (Fsp3) is 0.467. The Hall–Kier alpha value is -1.43. The van der Waals surface area contributed by atoms with Gasteiger partial charge in [0.25, 0.3) is 0 Å².